The zero-order valence-electron chi connectivity index (χ0n) is 11.6. The van der Waals surface area contributed by atoms with E-state index in [2.05, 4.69) is 5.10 Å². The SMILES string of the molecule is Cc1ccc(-c2cc(C(=O)N3CCOCC3)n(C)n2)o1. The molecular weight excluding hydrogens is 258 g/mol. The molecule has 20 heavy (non-hydrogen) atoms. The Kier molecular flexibility index (Phi) is 3.31. The molecule has 2 aromatic rings. The molecule has 3 rings (SSSR count). The van der Waals surface area contributed by atoms with Gasteiger partial charge in [0.15, 0.2) is 5.76 Å². The minimum Gasteiger partial charge on any atom is -0.460 e. The summed E-state index contributed by atoms with van der Waals surface area (Å²) in [5, 5.41) is 4.35. The van der Waals surface area contributed by atoms with E-state index >= 15 is 0 Å². The van der Waals surface area contributed by atoms with Crippen LogP contribution in [-0.4, -0.2) is 46.9 Å². The normalized spacial score (nSPS) is 15.6. The van der Waals surface area contributed by atoms with Gasteiger partial charge in [0.1, 0.15) is 17.1 Å². The maximum atomic E-state index is 12.4. The minimum absolute atomic E-state index is 0.0159. The molecule has 0 radical (unpaired) electrons. The van der Waals surface area contributed by atoms with E-state index in [1.54, 1.807) is 22.7 Å². The van der Waals surface area contributed by atoms with Crippen LogP contribution in [0.25, 0.3) is 11.5 Å². The second kappa shape index (κ2) is 5.13. The molecule has 0 bridgehead atoms. The summed E-state index contributed by atoms with van der Waals surface area (Å²) in [7, 11) is 1.77. The van der Waals surface area contributed by atoms with Gasteiger partial charge in [-0.3, -0.25) is 9.48 Å². The number of rotatable bonds is 2. The molecule has 1 aliphatic heterocycles. The summed E-state index contributed by atoms with van der Waals surface area (Å²) in [5.41, 5.74) is 1.24. The Morgan fingerprint density at radius 1 is 1.30 bits per heavy atom. The fraction of sp³-hybridized carbons (Fsp3) is 0.429. The molecule has 0 saturated carbocycles. The lowest BCUT2D eigenvalue weighted by atomic mass is 10.2. The van der Waals surface area contributed by atoms with Crippen LogP contribution in [0.5, 0.6) is 0 Å². The quantitative estimate of drug-likeness (QED) is 0.832. The number of amides is 1. The maximum Gasteiger partial charge on any atom is 0.272 e. The van der Waals surface area contributed by atoms with Crippen molar-refractivity contribution < 1.29 is 13.9 Å². The van der Waals surface area contributed by atoms with E-state index in [1.165, 1.54) is 0 Å². The maximum absolute atomic E-state index is 12.4. The smallest absolute Gasteiger partial charge is 0.272 e. The first-order chi connectivity index (χ1) is 9.65. The highest BCUT2D eigenvalue weighted by Gasteiger charge is 2.23. The molecule has 0 unspecified atom stereocenters. The van der Waals surface area contributed by atoms with E-state index in [9.17, 15) is 4.79 Å². The summed E-state index contributed by atoms with van der Waals surface area (Å²) in [6.07, 6.45) is 0. The van der Waals surface area contributed by atoms with E-state index in [-0.39, 0.29) is 5.91 Å². The van der Waals surface area contributed by atoms with Crippen molar-refractivity contribution in [1.29, 1.82) is 0 Å². The van der Waals surface area contributed by atoms with Crippen LogP contribution >= 0.6 is 0 Å². The van der Waals surface area contributed by atoms with Crippen molar-refractivity contribution in [2.75, 3.05) is 26.3 Å². The topological polar surface area (TPSA) is 60.5 Å². The molecule has 0 aliphatic carbocycles. The largest absolute Gasteiger partial charge is 0.460 e. The highest BCUT2D eigenvalue weighted by Crippen LogP contribution is 2.22. The number of hydrogen-bond donors (Lipinski definition) is 0. The lowest BCUT2D eigenvalue weighted by molar-refractivity contribution is 0.0295. The molecule has 2 aromatic heterocycles. The molecule has 6 heteroatoms. The molecule has 1 saturated heterocycles. The summed E-state index contributed by atoms with van der Waals surface area (Å²) in [5.74, 6) is 1.49. The third-order valence-corrected chi connectivity index (χ3v) is 3.39. The average Bonchev–Trinajstić information content (AvgIpc) is 3.05. The summed E-state index contributed by atoms with van der Waals surface area (Å²) in [6, 6.07) is 5.52. The van der Waals surface area contributed by atoms with Crippen molar-refractivity contribution in [2.45, 2.75) is 6.92 Å². The standard InChI is InChI=1S/C14H17N3O3/c1-10-3-4-13(20-10)11-9-12(16(2)15-11)14(18)17-5-7-19-8-6-17/h3-4,9H,5-8H2,1-2H3. The van der Waals surface area contributed by atoms with E-state index in [1.807, 2.05) is 19.1 Å². The van der Waals surface area contributed by atoms with Crippen LogP contribution in [0.2, 0.25) is 0 Å². The van der Waals surface area contributed by atoms with Crippen molar-refractivity contribution in [3.05, 3.63) is 29.7 Å². The third kappa shape index (κ3) is 2.34. The summed E-state index contributed by atoms with van der Waals surface area (Å²) in [6.45, 7) is 4.31. The molecular formula is C14H17N3O3. The van der Waals surface area contributed by atoms with Crippen LogP contribution in [0, 0.1) is 6.92 Å². The Balaban J connectivity index is 1.86. The zero-order valence-corrected chi connectivity index (χ0v) is 11.6. The number of aromatic nitrogens is 2. The number of carbonyl (C=O) groups excluding carboxylic acids is 1. The van der Waals surface area contributed by atoms with Crippen molar-refractivity contribution in [2.24, 2.45) is 7.05 Å². The fourth-order valence-corrected chi connectivity index (χ4v) is 2.29. The van der Waals surface area contributed by atoms with Gasteiger partial charge in [0.05, 0.1) is 13.2 Å². The van der Waals surface area contributed by atoms with Crippen LogP contribution < -0.4 is 0 Å². The monoisotopic (exact) mass is 275 g/mol. The van der Waals surface area contributed by atoms with Crippen molar-refractivity contribution in [3.63, 3.8) is 0 Å². The molecule has 0 atom stereocenters. The first kappa shape index (κ1) is 12.9. The minimum atomic E-state index is -0.0159. The third-order valence-electron chi connectivity index (χ3n) is 3.39. The number of furan rings is 1. The van der Waals surface area contributed by atoms with Gasteiger partial charge in [0.25, 0.3) is 5.91 Å². The van der Waals surface area contributed by atoms with Crippen molar-refractivity contribution in [1.82, 2.24) is 14.7 Å². The summed E-state index contributed by atoms with van der Waals surface area (Å²) >= 11 is 0. The van der Waals surface area contributed by atoms with Gasteiger partial charge in [-0.1, -0.05) is 0 Å². The molecule has 0 aromatic carbocycles. The highest BCUT2D eigenvalue weighted by molar-refractivity contribution is 5.93. The van der Waals surface area contributed by atoms with Gasteiger partial charge in [0.2, 0.25) is 0 Å². The van der Waals surface area contributed by atoms with Gasteiger partial charge in [-0.15, -0.1) is 0 Å². The molecule has 1 aliphatic rings. The number of carbonyl (C=O) groups is 1. The predicted octanol–water partition coefficient (Wildman–Crippen LogP) is 1.46. The van der Waals surface area contributed by atoms with E-state index in [4.69, 9.17) is 9.15 Å². The van der Waals surface area contributed by atoms with Gasteiger partial charge in [-0.2, -0.15) is 5.10 Å². The molecule has 3 heterocycles. The molecule has 0 N–H and O–H groups in total. The Bertz CT molecular complexity index is 623. The summed E-state index contributed by atoms with van der Waals surface area (Å²) in [4.78, 5) is 14.2. The Labute approximate surface area is 116 Å². The number of ether oxygens (including phenoxy) is 1. The zero-order chi connectivity index (χ0) is 14.1. The number of nitrogens with zero attached hydrogens (tertiary/aromatic N) is 3. The van der Waals surface area contributed by atoms with E-state index in [0.717, 1.165) is 5.76 Å². The molecule has 0 spiro atoms. The predicted molar refractivity (Wildman–Crippen MR) is 72.4 cm³/mol. The summed E-state index contributed by atoms with van der Waals surface area (Å²) < 4.78 is 12.4. The number of hydrogen-bond acceptors (Lipinski definition) is 4. The Hall–Kier alpha value is -2.08. The first-order valence-corrected chi connectivity index (χ1v) is 6.63. The average molecular weight is 275 g/mol. The fourth-order valence-electron chi connectivity index (χ4n) is 2.29. The van der Waals surface area contributed by atoms with Gasteiger partial charge in [0, 0.05) is 26.2 Å². The number of morpholine rings is 1. The Morgan fingerprint density at radius 3 is 2.70 bits per heavy atom. The highest BCUT2D eigenvalue weighted by atomic mass is 16.5. The van der Waals surface area contributed by atoms with E-state index < -0.39 is 0 Å². The van der Waals surface area contributed by atoms with E-state index in [0.29, 0.717) is 43.5 Å². The second-order valence-corrected chi connectivity index (χ2v) is 4.85. The van der Waals surface area contributed by atoms with Gasteiger partial charge >= 0.3 is 0 Å². The molecule has 106 valence electrons. The molecule has 6 nitrogen and oxygen atoms in total. The van der Waals surface area contributed by atoms with Crippen LogP contribution in [0.4, 0.5) is 0 Å². The lowest BCUT2D eigenvalue weighted by Crippen LogP contribution is -2.41. The number of aryl methyl sites for hydroxylation is 2. The van der Waals surface area contributed by atoms with Gasteiger partial charge < -0.3 is 14.1 Å². The van der Waals surface area contributed by atoms with Crippen LogP contribution in [0.15, 0.2) is 22.6 Å². The molecule has 1 amide bonds. The van der Waals surface area contributed by atoms with Crippen LogP contribution in [-0.2, 0) is 11.8 Å². The molecule has 1 fully saturated rings. The van der Waals surface area contributed by atoms with Gasteiger partial charge in [-0.05, 0) is 19.1 Å². The second-order valence-electron chi connectivity index (χ2n) is 4.85. The van der Waals surface area contributed by atoms with Gasteiger partial charge in [-0.25, -0.2) is 0 Å². The lowest BCUT2D eigenvalue weighted by Gasteiger charge is -2.26. The Morgan fingerprint density at radius 2 is 2.05 bits per heavy atom. The van der Waals surface area contributed by atoms with Crippen molar-refractivity contribution in [3.8, 4) is 11.5 Å². The van der Waals surface area contributed by atoms with Crippen LogP contribution in [0.3, 0.4) is 0 Å². The van der Waals surface area contributed by atoms with Crippen LogP contribution in [0.1, 0.15) is 16.2 Å². The first-order valence-electron chi connectivity index (χ1n) is 6.63. The van der Waals surface area contributed by atoms with Crippen molar-refractivity contribution >= 4 is 5.91 Å².